The minimum atomic E-state index is 1.28. The molecule has 0 unspecified atom stereocenters. The van der Waals surface area contributed by atoms with Gasteiger partial charge in [0.05, 0.1) is 0 Å². The highest BCUT2D eigenvalue weighted by Gasteiger charge is 2.05. The molecule has 0 saturated heterocycles. The van der Waals surface area contributed by atoms with Crippen molar-refractivity contribution < 1.29 is 0 Å². The smallest absolute Gasteiger partial charge is 0.0349 e. The van der Waals surface area contributed by atoms with Crippen LogP contribution in [0.25, 0.3) is 31.3 Å². The van der Waals surface area contributed by atoms with Crippen molar-refractivity contribution in [1.29, 1.82) is 0 Å². The maximum atomic E-state index is 2.22. The molecule has 0 aliphatic rings. The molecule has 0 radical (unpaired) electrons. The molecule has 0 aliphatic carbocycles. The van der Waals surface area contributed by atoms with Gasteiger partial charge in [0.2, 0.25) is 0 Å². The first-order chi connectivity index (χ1) is 10.9. The van der Waals surface area contributed by atoms with E-state index < -0.39 is 0 Å². The van der Waals surface area contributed by atoms with Gasteiger partial charge in [-0.3, -0.25) is 0 Å². The van der Waals surface area contributed by atoms with Crippen LogP contribution in [0.2, 0.25) is 0 Å². The fraction of sp³-hybridized carbons (Fsp3) is 0. The Morgan fingerprint density at radius 1 is 0.455 bits per heavy atom. The van der Waals surface area contributed by atoms with E-state index in [1.54, 1.807) is 11.3 Å². The van der Waals surface area contributed by atoms with Crippen molar-refractivity contribution in [2.24, 2.45) is 0 Å². The summed E-state index contributed by atoms with van der Waals surface area (Å²) in [6.07, 6.45) is 0. The topological polar surface area (TPSA) is 0 Å². The Labute approximate surface area is 138 Å². The van der Waals surface area contributed by atoms with Crippen LogP contribution < -0.4 is 0 Å². The molecule has 0 spiro atoms. The van der Waals surface area contributed by atoms with Gasteiger partial charge in [0, 0.05) is 14.6 Å². The van der Waals surface area contributed by atoms with E-state index in [0.717, 1.165) is 0 Å². The van der Waals surface area contributed by atoms with E-state index in [2.05, 4.69) is 84.2 Å². The van der Waals surface area contributed by atoms with Gasteiger partial charge < -0.3 is 0 Å². The number of thiophene rings is 2. The first-order valence-electron chi connectivity index (χ1n) is 7.20. The van der Waals surface area contributed by atoms with Crippen molar-refractivity contribution in [1.82, 2.24) is 0 Å². The molecule has 0 aliphatic heterocycles. The number of hydrogen-bond acceptors (Lipinski definition) is 2. The lowest BCUT2D eigenvalue weighted by atomic mass is 10.1. The summed E-state index contributed by atoms with van der Waals surface area (Å²) in [5.74, 6) is 0. The predicted octanol–water partition coefficient (Wildman–Crippen LogP) is 6.81. The highest BCUT2D eigenvalue weighted by molar-refractivity contribution is 7.18. The Morgan fingerprint density at radius 2 is 1.05 bits per heavy atom. The Morgan fingerprint density at radius 3 is 1.64 bits per heavy atom. The fourth-order valence-electron chi connectivity index (χ4n) is 2.49. The molecular weight excluding hydrogens is 304 g/mol. The minimum absolute atomic E-state index is 1.28. The van der Waals surface area contributed by atoms with Crippen LogP contribution in [0, 0.1) is 0 Å². The molecule has 2 heterocycles. The van der Waals surface area contributed by atoms with Crippen LogP contribution in [0.3, 0.4) is 0 Å². The average Bonchev–Trinajstić information content (AvgIpc) is 3.28. The lowest BCUT2D eigenvalue weighted by molar-refractivity contribution is 1.68. The molecule has 2 aromatic heterocycles. The summed E-state index contributed by atoms with van der Waals surface area (Å²) in [7, 11) is 0. The molecular formula is C20H14S2. The van der Waals surface area contributed by atoms with Gasteiger partial charge in [0.1, 0.15) is 0 Å². The summed E-state index contributed by atoms with van der Waals surface area (Å²) >= 11 is 3.63. The van der Waals surface area contributed by atoms with Crippen LogP contribution in [0.4, 0.5) is 0 Å². The molecule has 4 aromatic rings. The summed E-state index contributed by atoms with van der Waals surface area (Å²) in [5, 5.41) is 2.12. The Balaban J connectivity index is 1.64. The third kappa shape index (κ3) is 2.63. The second-order valence-corrected chi connectivity index (χ2v) is 7.12. The lowest BCUT2D eigenvalue weighted by Crippen LogP contribution is -1.74. The van der Waals surface area contributed by atoms with E-state index in [9.17, 15) is 0 Å². The predicted molar refractivity (Wildman–Crippen MR) is 98.5 cm³/mol. The van der Waals surface area contributed by atoms with Crippen molar-refractivity contribution in [3.63, 3.8) is 0 Å². The van der Waals surface area contributed by atoms with Gasteiger partial charge in [-0.25, -0.2) is 0 Å². The van der Waals surface area contributed by atoms with Crippen molar-refractivity contribution in [2.75, 3.05) is 0 Å². The first-order valence-corrected chi connectivity index (χ1v) is 8.89. The van der Waals surface area contributed by atoms with Gasteiger partial charge in [-0.05, 0) is 40.3 Å². The molecule has 2 aromatic carbocycles. The zero-order valence-corrected chi connectivity index (χ0v) is 13.5. The molecule has 106 valence electrons. The maximum Gasteiger partial charge on any atom is 0.0349 e. The number of benzene rings is 2. The minimum Gasteiger partial charge on any atom is -0.144 e. The van der Waals surface area contributed by atoms with Crippen molar-refractivity contribution in [3.05, 3.63) is 84.2 Å². The average molecular weight is 318 g/mol. The second kappa shape index (κ2) is 5.91. The van der Waals surface area contributed by atoms with Gasteiger partial charge in [0.25, 0.3) is 0 Å². The third-order valence-corrected chi connectivity index (χ3v) is 5.74. The summed E-state index contributed by atoms with van der Waals surface area (Å²) in [5.41, 5.74) is 3.86. The van der Waals surface area contributed by atoms with Gasteiger partial charge >= 0.3 is 0 Å². The molecule has 0 nitrogen and oxygen atoms in total. The summed E-state index contributed by atoms with van der Waals surface area (Å²) in [6.45, 7) is 0. The van der Waals surface area contributed by atoms with E-state index in [1.165, 1.54) is 31.3 Å². The third-order valence-electron chi connectivity index (χ3n) is 3.64. The van der Waals surface area contributed by atoms with Crippen LogP contribution in [-0.2, 0) is 0 Å². The van der Waals surface area contributed by atoms with Crippen molar-refractivity contribution in [2.45, 2.75) is 0 Å². The Hall–Kier alpha value is -2.16. The summed E-state index contributed by atoms with van der Waals surface area (Å²) in [4.78, 5) is 3.96. The maximum absolute atomic E-state index is 2.22. The molecule has 0 bridgehead atoms. The van der Waals surface area contributed by atoms with Crippen molar-refractivity contribution in [3.8, 4) is 31.3 Å². The number of rotatable bonds is 3. The molecule has 2 heteroatoms. The lowest BCUT2D eigenvalue weighted by Gasteiger charge is -2.01. The number of hydrogen-bond donors (Lipinski definition) is 0. The molecule has 0 saturated carbocycles. The summed E-state index contributed by atoms with van der Waals surface area (Å²) < 4.78 is 0. The molecule has 0 fully saturated rings. The largest absolute Gasteiger partial charge is 0.144 e. The fourth-order valence-corrected chi connectivity index (χ4v) is 4.24. The van der Waals surface area contributed by atoms with Gasteiger partial charge in [-0.15, -0.1) is 22.7 Å². The molecule has 0 N–H and O–H groups in total. The second-order valence-electron chi connectivity index (χ2n) is 5.08. The molecule has 4 rings (SSSR count). The van der Waals surface area contributed by atoms with Crippen LogP contribution >= 0.6 is 22.7 Å². The van der Waals surface area contributed by atoms with E-state index in [1.807, 2.05) is 11.3 Å². The zero-order valence-electron chi connectivity index (χ0n) is 11.9. The summed E-state index contributed by atoms with van der Waals surface area (Å²) in [6, 6.07) is 28.1. The molecule has 0 amide bonds. The zero-order chi connectivity index (χ0) is 14.8. The van der Waals surface area contributed by atoms with Crippen LogP contribution in [0.15, 0.2) is 84.2 Å². The molecule has 0 atom stereocenters. The van der Waals surface area contributed by atoms with Gasteiger partial charge in [-0.1, -0.05) is 60.7 Å². The quantitative estimate of drug-likeness (QED) is 0.389. The van der Waals surface area contributed by atoms with E-state index >= 15 is 0 Å². The van der Waals surface area contributed by atoms with Gasteiger partial charge in [-0.2, -0.15) is 0 Å². The Bertz CT molecular complexity index is 854. The first kappa shape index (κ1) is 13.5. The van der Waals surface area contributed by atoms with E-state index in [-0.39, 0.29) is 0 Å². The van der Waals surface area contributed by atoms with Crippen LogP contribution in [-0.4, -0.2) is 0 Å². The van der Waals surface area contributed by atoms with E-state index in [0.29, 0.717) is 0 Å². The highest BCUT2D eigenvalue weighted by atomic mass is 32.1. The van der Waals surface area contributed by atoms with Gasteiger partial charge in [0.15, 0.2) is 0 Å². The molecule has 22 heavy (non-hydrogen) atoms. The standard InChI is InChI=1S/C20H14S2/c1-2-5-15(6-3-1)19-12-13-20(22-19)17-10-8-16(9-11-17)18-7-4-14-21-18/h1-14H. The van der Waals surface area contributed by atoms with E-state index in [4.69, 9.17) is 0 Å². The Kier molecular flexibility index (Phi) is 3.63. The monoisotopic (exact) mass is 318 g/mol. The SMILES string of the molecule is c1ccc(-c2ccc(-c3ccc(-c4cccs4)cc3)s2)cc1. The highest BCUT2D eigenvalue weighted by Crippen LogP contribution is 2.35. The van der Waals surface area contributed by atoms with Crippen LogP contribution in [0.5, 0.6) is 0 Å². The van der Waals surface area contributed by atoms with Crippen molar-refractivity contribution >= 4 is 22.7 Å². The van der Waals surface area contributed by atoms with Crippen LogP contribution in [0.1, 0.15) is 0 Å². The normalized spacial score (nSPS) is 10.7.